The summed E-state index contributed by atoms with van der Waals surface area (Å²) >= 11 is 0. The van der Waals surface area contributed by atoms with Gasteiger partial charge >= 0.3 is 0 Å². The quantitative estimate of drug-likeness (QED) is 0.803. The van der Waals surface area contributed by atoms with Gasteiger partial charge in [0.2, 0.25) is 0 Å². The van der Waals surface area contributed by atoms with Gasteiger partial charge in [-0.3, -0.25) is 0 Å². The van der Waals surface area contributed by atoms with Crippen LogP contribution in [0.1, 0.15) is 11.5 Å². The number of aromatic nitrogens is 1. The lowest BCUT2D eigenvalue weighted by atomic mass is 10.2. The van der Waals surface area contributed by atoms with E-state index in [9.17, 15) is 0 Å². The first kappa shape index (κ1) is 9.21. The molecule has 2 rings (SSSR count). The Morgan fingerprint density at radius 2 is 2.29 bits per heavy atom. The molecule has 0 spiro atoms. The highest BCUT2D eigenvalue weighted by Gasteiger charge is 2.06. The number of rotatable bonds is 3. The van der Waals surface area contributed by atoms with E-state index in [0.717, 1.165) is 35.5 Å². The highest BCUT2D eigenvalue weighted by Crippen LogP contribution is 2.19. The van der Waals surface area contributed by atoms with Gasteiger partial charge in [-0.2, -0.15) is 0 Å². The van der Waals surface area contributed by atoms with Crippen LogP contribution in [0.5, 0.6) is 0 Å². The van der Waals surface area contributed by atoms with Gasteiger partial charge in [-0.1, -0.05) is 12.1 Å². The van der Waals surface area contributed by atoms with Crippen molar-refractivity contribution in [2.75, 3.05) is 13.6 Å². The monoisotopic (exact) mass is 190 g/mol. The van der Waals surface area contributed by atoms with Crippen LogP contribution in [-0.4, -0.2) is 18.6 Å². The Kier molecular flexibility index (Phi) is 2.50. The molecule has 74 valence electrons. The lowest BCUT2D eigenvalue weighted by Crippen LogP contribution is -2.10. The Balaban J connectivity index is 2.36. The normalized spacial score (nSPS) is 11.0. The maximum Gasteiger partial charge on any atom is 0.196 e. The van der Waals surface area contributed by atoms with Gasteiger partial charge in [0, 0.05) is 13.0 Å². The molecule has 1 heterocycles. The zero-order chi connectivity index (χ0) is 9.97. The Morgan fingerprint density at radius 1 is 1.43 bits per heavy atom. The summed E-state index contributed by atoms with van der Waals surface area (Å²) in [6.07, 6.45) is 0.838. The van der Waals surface area contributed by atoms with E-state index >= 15 is 0 Å². The summed E-state index contributed by atoms with van der Waals surface area (Å²) in [5.41, 5.74) is 3.01. The fourth-order valence-electron chi connectivity index (χ4n) is 1.47. The van der Waals surface area contributed by atoms with Crippen LogP contribution in [0.4, 0.5) is 0 Å². The molecule has 1 aromatic heterocycles. The molecular weight excluding hydrogens is 176 g/mol. The third kappa shape index (κ3) is 1.63. The largest absolute Gasteiger partial charge is 0.440 e. The molecule has 0 atom stereocenters. The van der Waals surface area contributed by atoms with Gasteiger partial charge in [-0.05, 0) is 25.6 Å². The highest BCUT2D eigenvalue weighted by molar-refractivity contribution is 5.75. The SMILES string of the molecule is CNCCc1nc2cccc(C)c2o1. The molecule has 0 unspecified atom stereocenters. The van der Waals surface area contributed by atoms with Gasteiger partial charge in [0.25, 0.3) is 0 Å². The summed E-state index contributed by atoms with van der Waals surface area (Å²) in [5.74, 6) is 0.809. The van der Waals surface area contributed by atoms with Gasteiger partial charge in [-0.25, -0.2) is 4.98 Å². The molecule has 0 bridgehead atoms. The summed E-state index contributed by atoms with van der Waals surface area (Å²) in [6.45, 7) is 2.93. The van der Waals surface area contributed by atoms with Crippen molar-refractivity contribution in [3.63, 3.8) is 0 Å². The first-order valence-corrected chi connectivity index (χ1v) is 4.81. The second-order valence-electron chi connectivity index (χ2n) is 3.38. The molecule has 3 heteroatoms. The minimum Gasteiger partial charge on any atom is -0.440 e. The van der Waals surface area contributed by atoms with E-state index in [0.29, 0.717) is 0 Å². The molecule has 3 nitrogen and oxygen atoms in total. The molecular formula is C11H14N2O. The summed E-state index contributed by atoms with van der Waals surface area (Å²) < 4.78 is 5.65. The lowest BCUT2D eigenvalue weighted by Gasteiger charge is -1.92. The van der Waals surface area contributed by atoms with Crippen molar-refractivity contribution in [1.82, 2.24) is 10.3 Å². The summed E-state index contributed by atoms with van der Waals surface area (Å²) in [5, 5.41) is 3.08. The minimum absolute atomic E-state index is 0.809. The Morgan fingerprint density at radius 3 is 3.00 bits per heavy atom. The molecule has 2 aromatic rings. The predicted molar refractivity (Wildman–Crippen MR) is 56.4 cm³/mol. The van der Waals surface area contributed by atoms with Crippen LogP contribution in [0.15, 0.2) is 22.6 Å². The number of hydrogen-bond acceptors (Lipinski definition) is 3. The van der Waals surface area contributed by atoms with Gasteiger partial charge in [0.1, 0.15) is 5.52 Å². The van der Waals surface area contributed by atoms with Crippen molar-refractivity contribution < 1.29 is 4.42 Å². The fourth-order valence-corrected chi connectivity index (χ4v) is 1.47. The first-order chi connectivity index (χ1) is 6.81. The Labute approximate surface area is 83.1 Å². The number of nitrogens with one attached hydrogen (secondary N) is 1. The smallest absolute Gasteiger partial charge is 0.196 e. The zero-order valence-electron chi connectivity index (χ0n) is 8.50. The number of benzene rings is 1. The summed E-state index contributed by atoms with van der Waals surface area (Å²) in [6, 6.07) is 6.02. The van der Waals surface area contributed by atoms with Crippen LogP contribution in [-0.2, 0) is 6.42 Å². The molecule has 0 aliphatic carbocycles. The number of para-hydroxylation sites is 1. The lowest BCUT2D eigenvalue weighted by molar-refractivity contribution is 0.521. The predicted octanol–water partition coefficient (Wildman–Crippen LogP) is 1.90. The van der Waals surface area contributed by atoms with E-state index in [-0.39, 0.29) is 0 Å². The molecule has 0 saturated carbocycles. The molecule has 0 amide bonds. The number of oxazole rings is 1. The topological polar surface area (TPSA) is 38.1 Å². The van der Waals surface area contributed by atoms with Gasteiger partial charge < -0.3 is 9.73 Å². The number of likely N-dealkylation sites (N-methyl/N-ethyl adjacent to an activating group) is 1. The van der Waals surface area contributed by atoms with Gasteiger partial charge in [0.05, 0.1) is 0 Å². The number of hydrogen-bond donors (Lipinski definition) is 1. The Bertz CT molecular complexity index is 434. The maximum atomic E-state index is 5.65. The van der Waals surface area contributed by atoms with E-state index in [1.165, 1.54) is 0 Å². The number of aryl methyl sites for hydroxylation is 1. The molecule has 0 radical (unpaired) electrons. The zero-order valence-corrected chi connectivity index (χ0v) is 8.50. The molecule has 0 saturated heterocycles. The van der Waals surface area contributed by atoms with E-state index in [4.69, 9.17) is 4.42 Å². The van der Waals surface area contributed by atoms with Crippen LogP contribution >= 0.6 is 0 Å². The second kappa shape index (κ2) is 3.80. The average Bonchev–Trinajstić information content (AvgIpc) is 2.59. The van der Waals surface area contributed by atoms with Crippen molar-refractivity contribution in [2.45, 2.75) is 13.3 Å². The van der Waals surface area contributed by atoms with Crippen molar-refractivity contribution >= 4 is 11.1 Å². The maximum absolute atomic E-state index is 5.65. The first-order valence-electron chi connectivity index (χ1n) is 4.81. The number of nitrogens with zero attached hydrogens (tertiary/aromatic N) is 1. The minimum atomic E-state index is 0.809. The summed E-state index contributed by atoms with van der Waals surface area (Å²) in [4.78, 5) is 4.40. The second-order valence-corrected chi connectivity index (χ2v) is 3.38. The molecule has 0 fully saturated rings. The van der Waals surface area contributed by atoms with Crippen molar-refractivity contribution in [2.24, 2.45) is 0 Å². The molecule has 1 N–H and O–H groups in total. The van der Waals surface area contributed by atoms with E-state index in [1.807, 2.05) is 32.2 Å². The van der Waals surface area contributed by atoms with Gasteiger partial charge in [0.15, 0.2) is 11.5 Å². The average molecular weight is 190 g/mol. The van der Waals surface area contributed by atoms with Crippen molar-refractivity contribution in [3.05, 3.63) is 29.7 Å². The molecule has 14 heavy (non-hydrogen) atoms. The number of fused-ring (bicyclic) bond motifs is 1. The standard InChI is InChI=1S/C11H14N2O/c1-8-4-3-5-9-11(8)14-10(13-9)6-7-12-2/h3-5,12H,6-7H2,1-2H3. The summed E-state index contributed by atoms with van der Waals surface area (Å²) in [7, 11) is 1.92. The third-order valence-corrected chi connectivity index (χ3v) is 2.25. The highest BCUT2D eigenvalue weighted by atomic mass is 16.3. The van der Waals surface area contributed by atoms with Crippen LogP contribution in [0.3, 0.4) is 0 Å². The van der Waals surface area contributed by atoms with E-state index in [2.05, 4.69) is 10.3 Å². The fraction of sp³-hybridized carbons (Fsp3) is 0.364. The van der Waals surface area contributed by atoms with Crippen LogP contribution in [0.25, 0.3) is 11.1 Å². The third-order valence-electron chi connectivity index (χ3n) is 2.25. The van der Waals surface area contributed by atoms with Gasteiger partial charge in [-0.15, -0.1) is 0 Å². The van der Waals surface area contributed by atoms with E-state index in [1.54, 1.807) is 0 Å². The molecule has 0 aliphatic heterocycles. The van der Waals surface area contributed by atoms with Crippen LogP contribution in [0.2, 0.25) is 0 Å². The molecule has 0 aliphatic rings. The molecule has 1 aromatic carbocycles. The van der Waals surface area contributed by atoms with Crippen molar-refractivity contribution in [1.29, 1.82) is 0 Å². The van der Waals surface area contributed by atoms with Crippen molar-refractivity contribution in [3.8, 4) is 0 Å². The Hall–Kier alpha value is -1.35. The van der Waals surface area contributed by atoms with E-state index < -0.39 is 0 Å². The van der Waals surface area contributed by atoms with Crippen LogP contribution < -0.4 is 5.32 Å². The van der Waals surface area contributed by atoms with Crippen LogP contribution in [0, 0.1) is 6.92 Å².